The summed E-state index contributed by atoms with van der Waals surface area (Å²) < 4.78 is 11.9. The zero-order valence-electron chi connectivity index (χ0n) is 12.6. The highest BCUT2D eigenvalue weighted by Gasteiger charge is 2.21. The van der Waals surface area contributed by atoms with E-state index >= 15 is 0 Å². The fraction of sp³-hybridized carbons (Fsp3) is 0.125. The van der Waals surface area contributed by atoms with Crippen molar-refractivity contribution in [1.82, 2.24) is 15.0 Å². The lowest BCUT2D eigenvalue weighted by Crippen LogP contribution is -2.10. The second kappa shape index (κ2) is 6.68. The lowest BCUT2D eigenvalue weighted by molar-refractivity contribution is 0.212. The maximum absolute atomic E-state index is 9.52. The van der Waals surface area contributed by atoms with E-state index in [1.807, 2.05) is 25.1 Å². The van der Waals surface area contributed by atoms with Crippen LogP contribution in [0.2, 0.25) is 0 Å². The molecule has 0 spiro atoms. The van der Waals surface area contributed by atoms with Crippen LogP contribution in [0, 0.1) is 11.3 Å². The van der Waals surface area contributed by atoms with Crippen LogP contribution < -0.4 is 10.5 Å². The Bertz CT molecular complexity index is 905. The first-order valence-electron chi connectivity index (χ1n) is 6.98. The fourth-order valence-electron chi connectivity index (χ4n) is 2.10. The van der Waals surface area contributed by atoms with Gasteiger partial charge < -0.3 is 14.9 Å². The summed E-state index contributed by atoms with van der Waals surface area (Å²) in [6.45, 7) is 1.81. The first-order chi connectivity index (χ1) is 11.6. The molecule has 2 N–H and O–H groups in total. The Kier molecular flexibility index (Phi) is 4.44. The molecule has 3 heterocycles. The first-order valence-corrected chi connectivity index (χ1v) is 7.77. The highest BCUT2D eigenvalue weighted by molar-refractivity contribution is 9.10. The van der Waals surface area contributed by atoms with Gasteiger partial charge in [-0.2, -0.15) is 10.2 Å². The van der Waals surface area contributed by atoms with Crippen LogP contribution in [0.3, 0.4) is 0 Å². The molecule has 0 unspecified atom stereocenters. The number of nitrogens with two attached hydrogens (primary N) is 1. The van der Waals surface area contributed by atoms with E-state index in [1.54, 1.807) is 12.3 Å². The van der Waals surface area contributed by atoms with Gasteiger partial charge in [0.1, 0.15) is 29.7 Å². The van der Waals surface area contributed by atoms with E-state index < -0.39 is 6.10 Å². The minimum Gasteiger partial charge on any atom is -0.467 e. The van der Waals surface area contributed by atoms with Crippen molar-refractivity contribution in [1.29, 1.82) is 5.26 Å². The number of aromatic nitrogens is 3. The van der Waals surface area contributed by atoms with Gasteiger partial charge in [0, 0.05) is 12.3 Å². The molecule has 24 heavy (non-hydrogen) atoms. The highest BCUT2D eigenvalue weighted by Crippen LogP contribution is 2.32. The number of pyridine rings is 1. The van der Waals surface area contributed by atoms with Gasteiger partial charge in [-0.15, -0.1) is 0 Å². The molecular formula is C16H12BrN5O2. The smallest absolute Gasteiger partial charge is 0.238 e. The average Bonchev–Trinajstić information content (AvgIpc) is 3.01. The minimum absolute atomic E-state index is 0.0141. The Morgan fingerprint density at radius 1 is 1.38 bits per heavy atom. The van der Waals surface area contributed by atoms with Crippen LogP contribution >= 0.6 is 15.9 Å². The molecule has 7 nitrogen and oxygen atoms in total. The van der Waals surface area contributed by atoms with E-state index in [9.17, 15) is 5.26 Å². The first kappa shape index (κ1) is 16.0. The summed E-state index contributed by atoms with van der Waals surface area (Å²) in [7, 11) is 0. The van der Waals surface area contributed by atoms with Crippen LogP contribution in [0.25, 0.3) is 11.5 Å². The van der Waals surface area contributed by atoms with Crippen LogP contribution in [0.4, 0.5) is 5.95 Å². The molecule has 0 aliphatic carbocycles. The fourth-order valence-corrected chi connectivity index (χ4v) is 2.40. The monoisotopic (exact) mass is 385 g/mol. The summed E-state index contributed by atoms with van der Waals surface area (Å²) in [5.41, 5.74) is 6.89. The van der Waals surface area contributed by atoms with Crippen molar-refractivity contribution in [3.8, 4) is 23.4 Å². The molecule has 120 valence electrons. The van der Waals surface area contributed by atoms with Gasteiger partial charge >= 0.3 is 0 Å². The van der Waals surface area contributed by atoms with E-state index in [-0.39, 0.29) is 23.1 Å². The molecule has 0 bridgehead atoms. The summed E-state index contributed by atoms with van der Waals surface area (Å²) in [4.78, 5) is 12.4. The number of rotatable bonds is 4. The molecule has 0 aliphatic heterocycles. The van der Waals surface area contributed by atoms with Gasteiger partial charge in [-0.1, -0.05) is 6.07 Å². The summed E-state index contributed by atoms with van der Waals surface area (Å²) in [5.74, 6) is 0.466. The third-order valence-corrected chi connectivity index (χ3v) is 3.61. The lowest BCUT2D eigenvalue weighted by Gasteiger charge is -2.15. The summed E-state index contributed by atoms with van der Waals surface area (Å²) >= 11 is 3.29. The zero-order chi connectivity index (χ0) is 17.1. The predicted octanol–water partition coefficient (Wildman–Crippen LogP) is 3.49. The SMILES string of the molecule is C[C@H](Oc1nc(N)nc(-c2cc(Br)co2)c1C#N)c1ccccn1. The Morgan fingerprint density at radius 2 is 2.21 bits per heavy atom. The number of ether oxygens (including phenoxy) is 1. The number of nitriles is 1. The number of nitrogen functional groups attached to an aromatic ring is 1. The Balaban J connectivity index is 2.02. The maximum Gasteiger partial charge on any atom is 0.238 e. The Hall–Kier alpha value is -2.92. The van der Waals surface area contributed by atoms with Crippen LogP contribution in [0.1, 0.15) is 24.3 Å². The average molecular weight is 386 g/mol. The maximum atomic E-state index is 9.52. The molecule has 0 fully saturated rings. The minimum atomic E-state index is -0.413. The van der Waals surface area contributed by atoms with Crippen LogP contribution in [-0.4, -0.2) is 15.0 Å². The van der Waals surface area contributed by atoms with Gasteiger partial charge in [0.05, 0.1) is 10.2 Å². The lowest BCUT2D eigenvalue weighted by atomic mass is 10.2. The number of halogens is 1. The molecule has 3 rings (SSSR count). The molecule has 0 saturated heterocycles. The van der Waals surface area contributed by atoms with Gasteiger partial charge in [0.2, 0.25) is 11.8 Å². The summed E-state index contributed by atoms with van der Waals surface area (Å²) in [6.07, 6.45) is 2.75. The van der Waals surface area contributed by atoms with Crippen molar-refractivity contribution < 1.29 is 9.15 Å². The molecule has 1 atom stereocenters. The largest absolute Gasteiger partial charge is 0.467 e. The van der Waals surface area contributed by atoms with Gasteiger partial charge in [-0.3, -0.25) is 4.98 Å². The van der Waals surface area contributed by atoms with Gasteiger partial charge in [0.25, 0.3) is 0 Å². The van der Waals surface area contributed by atoms with Crippen molar-refractivity contribution in [2.45, 2.75) is 13.0 Å². The van der Waals surface area contributed by atoms with Crippen molar-refractivity contribution >= 4 is 21.9 Å². The number of anilines is 1. The molecular weight excluding hydrogens is 374 g/mol. The van der Waals surface area contributed by atoms with Crippen LogP contribution in [0.15, 0.2) is 45.6 Å². The van der Waals surface area contributed by atoms with Crippen LogP contribution in [-0.2, 0) is 0 Å². The number of nitrogens with zero attached hydrogens (tertiary/aromatic N) is 4. The van der Waals surface area contributed by atoms with E-state index in [0.29, 0.717) is 11.5 Å². The quantitative estimate of drug-likeness (QED) is 0.731. The van der Waals surface area contributed by atoms with E-state index in [1.165, 1.54) is 6.26 Å². The second-order valence-corrected chi connectivity index (χ2v) is 5.78. The number of hydrogen-bond donors (Lipinski definition) is 1. The Labute approximate surface area is 146 Å². The molecule has 0 amide bonds. The van der Waals surface area contributed by atoms with Crippen molar-refractivity contribution in [2.75, 3.05) is 5.73 Å². The van der Waals surface area contributed by atoms with Gasteiger partial charge in [0.15, 0.2) is 5.76 Å². The topological polar surface area (TPSA) is 111 Å². The molecule has 0 radical (unpaired) electrons. The molecule has 3 aromatic rings. The van der Waals surface area contributed by atoms with Crippen molar-refractivity contribution in [2.24, 2.45) is 0 Å². The van der Waals surface area contributed by atoms with E-state index in [4.69, 9.17) is 14.9 Å². The van der Waals surface area contributed by atoms with Crippen LogP contribution in [0.5, 0.6) is 5.88 Å². The molecule has 0 saturated carbocycles. The normalized spacial score (nSPS) is 11.7. The van der Waals surface area contributed by atoms with Crippen molar-refractivity contribution in [3.05, 3.63) is 52.5 Å². The van der Waals surface area contributed by atoms with E-state index in [2.05, 4.69) is 37.0 Å². The molecule has 3 aromatic heterocycles. The Morgan fingerprint density at radius 3 is 2.83 bits per heavy atom. The predicted molar refractivity (Wildman–Crippen MR) is 89.8 cm³/mol. The third kappa shape index (κ3) is 3.21. The second-order valence-electron chi connectivity index (χ2n) is 4.87. The van der Waals surface area contributed by atoms with Crippen molar-refractivity contribution in [3.63, 3.8) is 0 Å². The van der Waals surface area contributed by atoms with Gasteiger partial charge in [-0.05, 0) is 35.0 Å². The number of furan rings is 1. The molecule has 0 aromatic carbocycles. The highest BCUT2D eigenvalue weighted by atomic mass is 79.9. The van der Waals surface area contributed by atoms with Gasteiger partial charge in [-0.25, -0.2) is 4.98 Å². The standard InChI is InChI=1S/C16H12BrN5O2/c1-9(12-4-2-3-5-20-12)24-15-11(7-18)14(21-16(19)22-15)13-6-10(17)8-23-13/h2-6,8-9H,1H3,(H2,19,21,22)/t9-/m0/s1. The summed E-state index contributed by atoms with van der Waals surface area (Å²) in [6, 6.07) is 9.24. The molecule has 8 heteroatoms. The molecule has 0 aliphatic rings. The zero-order valence-corrected chi connectivity index (χ0v) is 14.2. The van der Waals surface area contributed by atoms with E-state index in [0.717, 1.165) is 4.47 Å². The summed E-state index contributed by atoms with van der Waals surface area (Å²) in [5, 5.41) is 9.52. The third-order valence-electron chi connectivity index (χ3n) is 3.20. The number of hydrogen-bond acceptors (Lipinski definition) is 7.